The molecule has 196 valence electrons. The number of fused-ring (bicyclic) bond motifs is 3. The summed E-state index contributed by atoms with van der Waals surface area (Å²) in [5, 5.41) is 6.27. The van der Waals surface area contributed by atoms with Gasteiger partial charge in [-0.05, 0) is 58.7 Å². The molecule has 1 unspecified atom stereocenters. The molecule has 0 radical (unpaired) electrons. The maximum Gasteiger partial charge on any atom is 0.409 e. The van der Waals surface area contributed by atoms with Gasteiger partial charge in [-0.15, -0.1) is 0 Å². The molecule has 0 spiro atoms. The van der Waals surface area contributed by atoms with Gasteiger partial charge in [0.1, 0.15) is 12.6 Å². The van der Waals surface area contributed by atoms with Crippen LogP contribution in [0, 0.1) is 0 Å². The van der Waals surface area contributed by atoms with Crippen molar-refractivity contribution in [2.75, 3.05) is 31.6 Å². The number of benzene rings is 3. The predicted octanol–water partition coefficient (Wildman–Crippen LogP) is 5.90. The summed E-state index contributed by atoms with van der Waals surface area (Å²) in [4.78, 5) is 27.7. The van der Waals surface area contributed by atoms with Gasteiger partial charge in [-0.25, -0.2) is 4.79 Å². The predicted molar refractivity (Wildman–Crippen MR) is 149 cm³/mol. The van der Waals surface area contributed by atoms with Crippen molar-refractivity contribution in [2.45, 2.75) is 50.0 Å². The largest absolute Gasteiger partial charge is 0.448 e. The molecule has 2 amide bonds. The lowest BCUT2D eigenvalue weighted by molar-refractivity contribution is -0.119. The summed E-state index contributed by atoms with van der Waals surface area (Å²) in [5.41, 5.74) is 6.93. The zero-order valence-electron chi connectivity index (χ0n) is 21.7. The van der Waals surface area contributed by atoms with Crippen LogP contribution in [0.25, 0.3) is 11.1 Å². The molecule has 0 aromatic heterocycles. The molecule has 1 aliphatic heterocycles. The van der Waals surface area contributed by atoms with Gasteiger partial charge in [0, 0.05) is 31.2 Å². The number of hydrogen-bond donors (Lipinski definition) is 2. The Morgan fingerprint density at radius 1 is 0.868 bits per heavy atom. The van der Waals surface area contributed by atoms with Gasteiger partial charge in [-0.2, -0.15) is 0 Å². The summed E-state index contributed by atoms with van der Waals surface area (Å²) < 4.78 is 5.82. The van der Waals surface area contributed by atoms with E-state index < -0.39 is 6.04 Å². The third-order valence-electron chi connectivity index (χ3n) is 8.34. The second kappa shape index (κ2) is 11.0. The van der Waals surface area contributed by atoms with Crippen molar-refractivity contribution in [2.24, 2.45) is 0 Å². The van der Waals surface area contributed by atoms with Crippen molar-refractivity contribution in [1.82, 2.24) is 10.2 Å². The second-order valence-electron chi connectivity index (χ2n) is 10.7. The molecule has 0 bridgehead atoms. The summed E-state index contributed by atoms with van der Waals surface area (Å²) in [6.07, 6.45) is 6.08. The minimum atomic E-state index is -0.484. The first kappa shape index (κ1) is 24.7. The fraction of sp³-hybridized carbons (Fsp3) is 0.375. The van der Waals surface area contributed by atoms with E-state index in [2.05, 4.69) is 47.0 Å². The van der Waals surface area contributed by atoms with Crippen LogP contribution < -0.4 is 10.6 Å². The van der Waals surface area contributed by atoms with E-state index in [1.54, 1.807) is 4.90 Å². The topological polar surface area (TPSA) is 70.7 Å². The van der Waals surface area contributed by atoms with E-state index in [-0.39, 0.29) is 31.1 Å². The first-order valence-electron chi connectivity index (χ1n) is 13.9. The highest BCUT2D eigenvalue weighted by atomic mass is 16.6. The Hall–Kier alpha value is -3.64. The van der Waals surface area contributed by atoms with Gasteiger partial charge >= 0.3 is 6.09 Å². The minimum absolute atomic E-state index is 0.0185. The molecule has 6 nitrogen and oxygen atoms in total. The number of anilines is 1. The van der Waals surface area contributed by atoms with E-state index in [1.807, 2.05) is 36.4 Å². The van der Waals surface area contributed by atoms with Crippen molar-refractivity contribution in [3.8, 4) is 11.1 Å². The van der Waals surface area contributed by atoms with Gasteiger partial charge in [0.2, 0.25) is 5.91 Å². The Morgan fingerprint density at radius 2 is 1.53 bits per heavy atom. The highest BCUT2D eigenvalue weighted by molar-refractivity contribution is 5.95. The molecule has 1 heterocycles. The monoisotopic (exact) mass is 509 g/mol. The molecule has 38 heavy (non-hydrogen) atoms. The van der Waals surface area contributed by atoms with Crippen LogP contribution in [0.3, 0.4) is 0 Å². The number of nitrogens with zero attached hydrogens (tertiary/aromatic N) is 1. The number of rotatable bonds is 5. The van der Waals surface area contributed by atoms with Crippen molar-refractivity contribution in [3.05, 3.63) is 89.5 Å². The average Bonchev–Trinajstić information content (AvgIpc) is 3.30. The van der Waals surface area contributed by atoms with Crippen molar-refractivity contribution in [1.29, 1.82) is 0 Å². The van der Waals surface area contributed by atoms with E-state index >= 15 is 0 Å². The third kappa shape index (κ3) is 5.05. The van der Waals surface area contributed by atoms with Crippen LogP contribution in [-0.4, -0.2) is 49.2 Å². The molecule has 2 N–H and O–H groups in total. The van der Waals surface area contributed by atoms with Crippen LogP contribution in [0.1, 0.15) is 60.6 Å². The summed E-state index contributed by atoms with van der Waals surface area (Å²) in [6.45, 7) is 1.61. The van der Waals surface area contributed by atoms with Crippen LogP contribution in [0.2, 0.25) is 0 Å². The van der Waals surface area contributed by atoms with E-state index in [4.69, 9.17) is 4.74 Å². The quantitative estimate of drug-likeness (QED) is 0.450. The molecule has 2 aliphatic carbocycles. The van der Waals surface area contributed by atoms with Crippen LogP contribution in [0.15, 0.2) is 72.8 Å². The Bertz CT molecular complexity index is 1250. The van der Waals surface area contributed by atoms with Crippen LogP contribution in [0.5, 0.6) is 0 Å². The summed E-state index contributed by atoms with van der Waals surface area (Å²) in [5.74, 6) is 0.524. The molecule has 3 aromatic rings. The zero-order chi connectivity index (χ0) is 25.9. The lowest BCUT2D eigenvalue weighted by atomic mass is 9.84. The number of nitrogens with one attached hydrogen (secondary N) is 2. The van der Waals surface area contributed by atoms with Gasteiger partial charge in [-0.1, -0.05) is 79.9 Å². The Labute approximate surface area is 224 Å². The molecule has 1 saturated carbocycles. The normalized spacial score (nSPS) is 19.5. The van der Waals surface area contributed by atoms with E-state index in [1.165, 1.54) is 59.9 Å². The van der Waals surface area contributed by atoms with Gasteiger partial charge in [0.25, 0.3) is 0 Å². The Kier molecular flexibility index (Phi) is 7.14. The lowest BCUT2D eigenvalue weighted by Crippen LogP contribution is -2.57. The fourth-order valence-electron chi connectivity index (χ4n) is 6.28. The molecule has 3 aromatic carbocycles. The highest BCUT2D eigenvalue weighted by Crippen LogP contribution is 2.44. The molecule has 1 saturated heterocycles. The number of carbonyl (C=O) groups excluding carboxylic acids is 2. The average molecular weight is 510 g/mol. The van der Waals surface area contributed by atoms with Crippen LogP contribution in [0.4, 0.5) is 10.5 Å². The fourth-order valence-corrected chi connectivity index (χ4v) is 6.28. The maximum absolute atomic E-state index is 13.0. The minimum Gasteiger partial charge on any atom is -0.448 e. The van der Waals surface area contributed by atoms with Crippen LogP contribution in [-0.2, 0) is 9.53 Å². The number of piperazine rings is 1. The third-order valence-corrected chi connectivity index (χ3v) is 8.34. The molecule has 3 aliphatic rings. The molecule has 6 heteroatoms. The van der Waals surface area contributed by atoms with Gasteiger partial charge < -0.3 is 20.3 Å². The number of carbonyl (C=O) groups is 2. The summed E-state index contributed by atoms with van der Waals surface area (Å²) in [6, 6.07) is 24.4. The molecule has 2 fully saturated rings. The van der Waals surface area contributed by atoms with E-state index in [0.29, 0.717) is 19.0 Å². The van der Waals surface area contributed by atoms with E-state index in [9.17, 15) is 9.59 Å². The SMILES string of the molecule is O=C(Nc1ccc(C2CCCCC2)cc1)C1CN(C(=O)OCC2c3ccccc3-c3ccccc32)CCN1. The lowest BCUT2D eigenvalue weighted by Gasteiger charge is -2.32. The van der Waals surface area contributed by atoms with Crippen LogP contribution >= 0.6 is 0 Å². The zero-order valence-corrected chi connectivity index (χ0v) is 21.7. The first-order chi connectivity index (χ1) is 18.7. The van der Waals surface area contributed by atoms with Gasteiger partial charge in [0.15, 0.2) is 0 Å². The standard InChI is InChI=1S/C32H35N3O3/c36-31(34-24-16-14-23(15-17-24)22-8-2-1-3-9-22)30-20-35(19-18-33-30)32(37)38-21-29-27-12-6-4-10-25(27)26-11-5-7-13-28(26)29/h4-7,10-17,22,29-30,33H,1-3,8-9,18-21H2,(H,34,36). The van der Waals surface area contributed by atoms with Crippen molar-refractivity contribution in [3.63, 3.8) is 0 Å². The number of hydrogen-bond acceptors (Lipinski definition) is 4. The molecular formula is C32H35N3O3. The van der Waals surface area contributed by atoms with Gasteiger partial charge in [-0.3, -0.25) is 4.79 Å². The molecular weight excluding hydrogens is 474 g/mol. The smallest absolute Gasteiger partial charge is 0.409 e. The summed E-state index contributed by atoms with van der Waals surface area (Å²) in [7, 11) is 0. The molecule has 6 rings (SSSR count). The Balaban J connectivity index is 1.04. The first-order valence-corrected chi connectivity index (χ1v) is 13.9. The molecule has 1 atom stereocenters. The van der Waals surface area contributed by atoms with Crippen molar-refractivity contribution < 1.29 is 14.3 Å². The number of amides is 2. The summed E-state index contributed by atoms with van der Waals surface area (Å²) >= 11 is 0. The van der Waals surface area contributed by atoms with E-state index in [0.717, 1.165) is 5.69 Å². The van der Waals surface area contributed by atoms with Crippen molar-refractivity contribution >= 4 is 17.7 Å². The Morgan fingerprint density at radius 3 is 2.21 bits per heavy atom. The second-order valence-corrected chi connectivity index (χ2v) is 10.7. The van der Waals surface area contributed by atoms with Gasteiger partial charge in [0.05, 0.1) is 0 Å². The number of ether oxygens (including phenoxy) is 1. The highest BCUT2D eigenvalue weighted by Gasteiger charge is 2.32. The maximum atomic E-state index is 13.0.